The Morgan fingerprint density at radius 1 is 1.05 bits per heavy atom. The molecular weight excluding hydrogens is 538 g/mol. The molecule has 0 N–H and O–H groups in total. The zero-order valence-corrected chi connectivity index (χ0v) is 24.7. The van der Waals surface area contributed by atoms with E-state index in [1.807, 2.05) is 81.9 Å². The number of nitrogens with zero attached hydrogens (tertiary/aromatic N) is 3. The summed E-state index contributed by atoms with van der Waals surface area (Å²) in [7, 11) is 3.76. The lowest BCUT2D eigenvalue weighted by Crippen LogP contribution is -2.33. The Morgan fingerprint density at radius 3 is 2.20 bits per heavy atom. The van der Waals surface area contributed by atoms with Crippen molar-refractivity contribution in [2.24, 2.45) is 4.99 Å². The topological polar surface area (TPSA) is 62.2 Å². The minimum absolute atomic E-state index is 0.0995. The maximum Gasteiger partial charge on any atom is 0.416 e. The van der Waals surface area contributed by atoms with Crippen LogP contribution in [0.2, 0.25) is 0 Å². The van der Waals surface area contributed by atoms with Crippen molar-refractivity contribution in [2.75, 3.05) is 27.2 Å². The summed E-state index contributed by atoms with van der Waals surface area (Å²) in [5.41, 5.74) is 2.30. The van der Waals surface area contributed by atoms with Crippen molar-refractivity contribution in [3.8, 4) is 0 Å². The lowest BCUT2D eigenvalue weighted by molar-refractivity contribution is -0.156. The van der Waals surface area contributed by atoms with E-state index in [1.54, 1.807) is 0 Å². The molecule has 1 heterocycles. The monoisotopic (exact) mass is 577 g/mol. The van der Waals surface area contributed by atoms with Gasteiger partial charge in [-0.3, -0.25) is 24.4 Å². The highest BCUT2D eigenvalue weighted by molar-refractivity contribution is 5.95. The maximum atomic E-state index is 14.0. The third-order valence-corrected chi connectivity index (χ3v) is 6.62. The van der Waals surface area contributed by atoms with E-state index < -0.39 is 17.6 Å². The second-order valence-corrected chi connectivity index (χ2v) is 10.4. The van der Waals surface area contributed by atoms with Gasteiger partial charge in [0.25, 0.3) is 0 Å². The van der Waals surface area contributed by atoms with Crippen molar-refractivity contribution < 1.29 is 31.9 Å². The lowest BCUT2D eigenvalue weighted by Gasteiger charge is -2.29. The highest BCUT2D eigenvalue weighted by Crippen LogP contribution is 2.31. The van der Waals surface area contributed by atoms with Gasteiger partial charge >= 0.3 is 12.1 Å². The molecule has 10 heteroatoms. The van der Waals surface area contributed by atoms with Crippen LogP contribution in [0.1, 0.15) is 63.6 Å². The Hall–Kier alpha value is -3.37. The first-order valence-electron chi connectivity index (χ1n) is 13.3. The molecule has 0 saturated carbocycles. The van der Waals surface area contributed by atoms with Gasteiger partial charge in [0.15, 0.2) is 12.0 Å². The van der Waals surface area contributed by atoms with E-state index in [1.165, 1.54) is 6.92 Å². The van der Waals surface area contributed by atoms with E-state index in [-0.39, 0.29) is 36.0 Å². The number of carbonyl (C=O) groups is 2. The quantitative estimate of drug-likeness (QED) is 0.153. The molecule has 2 aromatic rings. The van der Waals surface area contributed by atoms with E-state index >= 15 is 0 Å². The van der Waals surface area contributed by atoms with Crippen LogP contribution in [0.5, 0.6) is 0 Å². The average Bonchev–Trinajstić information content (AvgIpc) is 2.90. The smallest absolute Gasteiger partial charge is 0.416 e. The molecule has 224 valence electrons. The Balaban J connectivity index is 0.000000317. The molecule has 1 aliphatic rings. The molecule has 2 atom stereocenters. The zero-order valence-electron chi connectivity index (χ0n) is 24.7. The van der Waals surface area contributed by atoms with Crippen molar-refractivity contribution >= 4 is 17.5 Å². The second-order valence-electron chi connectivity index (χ2n) is 10.4. The summed E-state index contributed by atoms with van der Waals surface area (Å²) >= 11 is 0. The fraction of sp³-hybridized carbons (Fsp3) is 0.452. The third kappa shape index (κ3) is 10.5. The number of hydrogen-bond acceptors (Lipinski definition) is 6. The number of esters is 1. The van der Waals surface area contributed by atoms with Gasteiger partial charge < -0.3 is 4.74 Å². The summed E-state index contributed by atoms with van der Waals surface area (Å²) in [6, 6.07) is 12.2. The summed E-state index contributed by atoms with van der Waals surface area (Å²) in [5, 5.41) is 0. The van der Waals surface area contributed by atoms with Crippen LogP contribution >= 0.6 is 0 Å². The van der Waals surface area contributed by atoms with Gasteiger partial charge in [-0.25, -0.2) is 4.39 Å². The molecule has 6 nitrogen and oxygen atoms in total. The number of rotatable bonds is 8. The fourth-order valence-corrected chi connectivity index (χ4v) is 4.00. The summed E-state index contributed by atoms with van der Waals surface area (Å²) in [4.78, 5) is 31.8. The van der Waals surface area contributed by atoms with Gasteiger partial charge in [-0.1, -0.05) is 36.4 Å². The van der Waals surface area contributed by atoms with Gasteiger partial charge in [0.1, 0.15) is 5.82 Å². The van der Waals surface area contributed by atoms with E-state index in [9.17, 15) is 27.2 Å². The van der Waals surface area contributed by atoms with Crippen LogP contribution < -0.4 is 0 Å². The Morgan fingerprint density at radius 2 is 1.68 bits per heavy atom. The van der Waals surface area contributed by atoms with Gasteiger partial charge in [-0.15, -0.1) is 0 Å². The van der Waals surface area contributed by atoms with Crippen molar-refractivity contribution in [3.63, 3.8) is 0 Å². The van der Waals surface area contributed by atoms with Gasteiger partial charge in [0.05, 0.1) is 11.5 Å². The molecule has 0 saturated heterocycles. The number of benzene rings is 2. The molecule has 0 spiro atoms. The van der Waals surface area contributed by atoms with Crippen LogP contribution in [0, 0.1) is 5.82 Å². The van der Waals surface area contributed by atoms with Gasteiger partial charge in [0, 0.05) is 48.6 Å². The molecule has 2 unspecified atom stereocenters. The first-order valence-corrected chi connectivity index (χ1v) is 13.3. The Bertz CT molecular complexity index is 1250. The summed E-state index contributed by atoms with van der Waals surface area (Å²) in [6.07, 6.45) is -4.22. The molecule has 0 amide bonds. The first kappa shape index (κ1) is 33.8. The second kappa shape index (κ2) is 15.0. The number of carbonyl (C=O) groups excluding carboxylic acids is 2. The maximum absolute atomic E-state index is 14.0. The van der Waals surface area contributed by atoms with E-state index in [4.69, 9.17) is 4.74 Å². The minimum atomic E-state index is -4.57. The largest absolute Gasteiger partial charge is 0.446 e. The molecule has 2 aromatic carbocycles. The predicted octanol–water partition coefficient (Wildman–Crippen LogP) is 6.62. The van der Waals surface area contributed by atoms with Crippen LogP contribution in [0.3, 0.4) is 0 Å². The van der Waals surface area contributed by atoms with Gasteiger partial charge in [-0.2, -0.15) is 13.2 Å². The van der Waals surface area contributed by atoms with Gasteiger partial charge in [0.2, 0.25) is 0 Å². The zero-order chi connectivity index (χ0) is 30.9. The van der Waals surface area contributed by atoms with Crippen LogP contribution in [-0.4, -0.2) is 60.7 Å². The van der Waals surface area contributed by atoms with Crippen LogP contribution in [0.25, 0.3) is 0 Å². The molecule has 1 aliphatic heterocycles. The van der Waals surface area contributed by atoms with Gasteiger partial charge in [-0.05, 0) is 66.4 Å². The van der Waals surface area contributed by atoms with Crippen LogP contribution in [-0.2, 0) is 27.0 Å². The minimum Gasteiger partial charge on any atom is -0.446 e. The van der Waals surface area contributed by atoms with Crippen LogP contribution in [0.15, 0.2) is 64.8 Å². The predicted molar refractivity (Wildman–Crippen MR) is 152 cm³/mol. The number of alkyl halides is 3. The number of hydrogen-bond donors (Lipinski definition) is 0. The highest BCUT2D eigenvalue weighted by Gasteiger charge is 2.31. The van der Waals surface area contributed by atoms with E-state index in [0.29, 0.717) is 31.1 Å². The lowest BCUT2D eigenvalue weighted by atomic mass is 10.0. The number of Topliss-reactive ketones (excluding diaryl/α,β-unsaturated/α-hetero) is 1. The number of ketones is 1. The average molecular weight is 578 g/mol. The molecule has 41 heavy (non-hydrogen) atoms. The van der Waals surface area contributed by atoms with Crippen molar-refractivity contribution in [1.29, 1.82) is 0 Å². The van der Waals surface area contributed by atoms with E-state index in [2.05, 4.69) is 4.99 Å². The fourth-order valence-electron chi connectivity index (χ4n) is 4.00. The van der Waals surface area contributed by atoms with E-state index in [0.717, 1.165) is 29.1 Å². The molecular formula is C31H39F4N3O3. The number of halogens is 4. The third-order valence-electron chi connectivity index (χ3n) is 6.62. The highest BCUT2D eigenvalue weighted by atomic mass is 19.4. The molecule has 0 fully saturated rings. The Labute approximate surface area is 239 Å². The standard InChI is InChI=1S/C18H20F4N2O.C13H19NO2/c1-11(2)23-17-6-7-24(10-15(17)12(3)25)9-13-4-5-14(8-16(13)19)18(20,21)22;1-10(12-8-6-5-7-9-12)13(15)16-11(2)14(3)4/h4-5,8H,6-7,9-10H2,1-3H3;5-11H,1-4H3. The van der Waals surface area contributed by atoms with Crippen molar-refractivity contribution in [3.05, 3.63) is 82.3 Å². The molecule has 0 aliphatic carbocycles. The van der Waals surface area contributed by atoms with Crippen LogP contribution in [0.4, 0.5) is 17.6 Å². The van der Waals surface area contributed by atoms with Crippen molar-refractivity contribution in [2.45, 2.75) is 65.9 Å². The number of aliphatic imine (C=N–C) groups is 1. The normalized spacial score (nSPS) is 15.5. The Kier molecular flexibility index (Phi) is 12.4. The molecule has 0 aromatic heterocycles. The number of ether oxygens (including phenoxy) is 1. The van der Waals surface area contributed by atoms with Crippen molar-refractivity contribution in [1.82, 2.24) is 9.80 Å². The summed E-state index contributed by atoms with van der Waals surface area (Å²) < 4.78 is 57.2. The molecule has 0 bridgehead atoms. The first-order chi connectivity index (χ1) is 19.1. The molecule has 3 rings (SSSR count). The summed E-state index contributed by atoms with van der Waals surface area (Å²) in [6.45, 7) is 9.87. The SMILES string of the molecule is CC(=O)C1=C(N=C(C)C)CCN(Cc2ccc(C(F)(F)F)cc2F)C1.CC(C(=O)OC(C)N(C)C)c1ccccc1. The molecule has 0 radical (unpaired) electrons. The summed E-state index contributed by atoms with van der Waals surface area (Å²) in [5.74, 6) is -1.40.